The average Bonchev–Trinajstić information content (AvgIpc) is 2.72. The SMILES string of the molecule is CCCC1(C2=CCCCCC2)CCCCCN1. The fraction of sp³-hybridized carbons (Fsp3) is 0.875. The number of hydrogen-bond acceptors (Lipinski definition) is 1. The van der Waals surface area contributed by atoms with E-state index in [9.17, 15) is 0 Å². The van der Waals surface area contributed by atoms with Crippen LogP contribution in [0, 0.1) is 0 Å². The van der Waals surface area contributed by atoms with Crippen molar-refractivity contribution in [3.63, 3.8) is 0 Å². The molecule has 0 radical (unpaired) electrons. The molecule has 1 nitrogen and oxygen atoms in total. The summed E-state index contributed by atoms with van der Waals surface area (Å²) in [5.41, 5.74) is 2.15. The summed E-state index contributed by atoms with van der Waals surface area (Å²) in [6, 6.07) is 0. The molecule has 1 aliphatic carbocycles. The van der Waals surface area contributed by atoms with Gasteiger partial charge in [0.1, 0.15) is 0 Å². The number of nitrogens with one attached hydrogen (secondary N) is 1. The van der Waals surface area contributed by atoms with Gasteiger partial charge in [-0.25, -0.2) is 0 Å². The first-order valence-electron chi connectivity index (χ1n) is 7.82. The van der Waals surface area contributed by atoms with Crippen LogP contribution in [0.4, 0.5) is 0 Å². The fourth-order valence-electron chi connectivity index (χ4n) is 3.67. The lowest BCUT2D eigenvalue weighted by Crippen LogP contribution is -2.46. The van der Waals surface area contributed by atoms with Gasteiger partial charge in [-0.3, -0.25) is 0 Å². The van der Waals surface area contributed by atoms with Gasteiger partial charge in [0.05, 0.1) is 0 Å². The number of hydrogen-bond donors (Lipinski definition) is 1. The Kier molecular flexibility index (Phi) is 5.09. The lowest BCUT2D eigenvalue weighted by Gasteiger charge is -2.37. The molecule has 0 bridgehead atoms. The molecule has 1 aliphatic heterocycles. The van der Waals surface area contributed by atoms with Crippen molar-refractivity contribution in [1.29, 1.82) is 0 Å². The summed E-state index contributed by atoms with van der Waals surface area (Å²) in [5.74, 6) is 0. The third-order valence-electron chi connectivity index (χ3n) is 4.58. The predicted octanol–water partition coefficient (Wildman–Crippen LogP) is 4.58. The summed E-state index contributed by atoms with van der Waals surface area (Å²) in [5, 5.41) is 3.93. The highest BCUT2D eigenvalue weighted by molar-refractivity contribution is 5.22. The molecule has 17 heavy (non-hydrogen) atoms. The fourth-order valence-corrected chi connectivity index (χ4v) is 3.67. The third kappa shape index (κ3) is 3.34. The highest BCUT2D eigenvalue weighted by atomic mass is 15.0. The molecule has 1 fully saturated rings. The molecule has 1 heterocycles. The standard InChI is InChI=1S/C16H29N/c1-2-12-16(13-8-5-9-14-17-16)15-10-6-3-4-7-11-15/h10,17H,2-9,11-14H2,1H3. The second-order valence-corrected chi connectivity index (χ2v) is 5.90. The van der Waals surface area contributed by atoms with Crippen molar-refractivity contribution in [2.24, 2.45) is 0 Å². The van der Waals surface area contributed by atoms with Gasteiger partial charge in [0.15, 0.2) is 0 Å². The van der Waals surface area contributed by atoms with Crippen LogP contribution in [-0.2, 0) is 0 Å². The van der Waals surface area contributed by atoms with Crippen LogP contribution in [0.15, 0.2) is 11.6 Å². The summed E-state index contributed by atoms with van der Waals surface area (Å²) in [4.78, 5) is 0. The minimum Gasteiger partial charge on any atom is -0.308 e. The molecule has 98 valence electrons. The van der Waals surface area contributed by atoms with E-state index < -0.39 is 0 Å². The zero-order chi connectivity index (χ0) is 12.0. The van der Waals surface area contributed by atoms with Crippen LogP contribution in [0.25, 0.3) is 0 Å². The number of allylic oxidation sites excluding steroid dienone is 1. The van der Waals surface area contributed by atoms with E-state index in [2.05, 4.69) is 18.3 Å². The first-order valence-corrected chi connectivity index (χ1v) is 7.82. The van der Waals surface area contributed by atoms with E-state index in [0.717, 1.165) is 0 Å². The minimum atomic E-state index is 0.385. The van der Waals surface area contributed by atoms with Crippen molar-refractivity contribution in [1.82, 2.24) is 5.32 Å². The van der Waals surface area contributed by atoms with Crippen LogP contribution in [0.3, 0.4) is 0 Å². The van der Waals surface area contributed by atoms with Crippen molar-refractivity contribution >= 4 is 0 Å². The molecule has 2 aliphatic rings. The lowest BCUT2D eigenvalue weighted by molar-refractivity contribution is 0.334. The largest absolute Gasteiger partial charge is 0.308 e. The molecule has 1 unspecified atom stereocenters. The van der Waals surface area contributed by atoms with E-state index in [1.165, 1.54) is 77.2 Å². The maximum atomic E-state index is 3.93. The Morgan fingerprint density at radius 2 is 2.00 bits per heavy atom. The van der Waals surface area contributed by atoms with E-state index in [1.807, 2.05) is 0 Å². The predicted molar refractivity (Wildman–Crippen MR) is 75.3 cm³/mol. The molecule has 0 aromatic rings. The Morgan fingerprint density at radius 3 is 2.88 bits per heavy atom. The van der Waals surface area contributed by atoms with Gasteiger partial charge in [0.2, 0.25) is 0 Å². The van der Waals surface area contributed by atoms with E-state index in [4.69, 9.17) is 0 Å². The van der Waals surface area contributed by atoms with Crippen molar-refractivity contribution in [3.8, 4) is 0 Å². The van der Waals surface area contributed by atoms with Gasteiger partial charge < -0.3 is 5.32 Å². The summed E-state index contributed by atoms with van der Waals surface area (Å²) < 4.78 is 0. The van der Waals surface area contributed by atoms with Crippen molar-refractivity contribution < 1.29 is 0 Å². The molecule has 0 aromatic heterocycles. The summed E-state index contributed by atoms with van der Waals surface area (Å²) in [7, 11) is 0. The highest BCUT2D eigenvalue weighted by Gasteiger charge is 2.33. The Balaban J connectivity index is 2.15. The normalized spacial score (nSPS) is 31.5. The van der Waals surface area contributed by atoms with E-state index >= 15 is 0 Å². The van der Waals surface area contributed by atoms with Gasteiger partial charge in [-0.1, -0.05) is 44.3 Å². The highest BCUT2D eigenvalue weighted by Crippen LogP contribution is 2.35. The van der Waals surface area contributed by atoms with Crippen LogP contribution in [0.1, 0.15) is 77.6 Å². The summed E-state index contributed by atoms with van der Waals surface area (Å²) >= 11 is 0. The maximum absolute atomic E-state index is 3.93. The molecule has 0 aromatic carbocycles. The van der Waals surface area contributed by atoms with Crippen LogP contribution in [-0.4, -0.2) is 12.1 Å². The molecule has 2 rings (SSSR count). The van der Waals surface area contributed by atoms with Crippen LogP contribution < -0.4 is 5.32 Å². The van der Waals surface area contributed by atoms with Crippen LogP contribution in [0.2, 0.25) is 0 Å². The molecule has 1 heteroatoms. The summed E-state index contributed by atoms with van der Waals surface area (Å²) in [6.07, 6.45) is 17.8. The second kappa shape index (κ2) is 6.58. The molecule has 1 N–H and O–H groups in total. The molecule has 0 amide bonds. The monoisotopic (exact) mass is 235 g/mol. The first kappa shape index (κ1) is 13.1. The second-order valence-electron chi connectivity index (χ2n) is 5.90. The maximum Gasteiger partial charge on any atom is 0.0393 e. The molecule has 1 saturated heterocycles. The van der Waals surface area contributed by atoms with Crippen molar-refractivity contribution in [3.05, 3.63) is 11.6 Å². The van der Waals surface area contributed by atoms with Crippen molar-refractivity contribution in [2.75, 3.05) is 6.54 Å². The molecule has 0 spiro atoms. The van der Waals surface area contributed by atoms with Gasteiger partial charge in [-0.15, -0.1) is 0 Å². The zero-order valence-electron chi connectivity index (χ0n) is 11.6. The Hall–Kier alpha value is -0.300. The third-order valence-corrected chi connectivity index (χ3v) is 4.58. The Labute approximate surface area is 107 Å². The van der Waals surface area contributed by atoms with E-state index in [0.29, 0.717) is 5.54 Å². The zero-order valence-corrected chi connectivity index (χ0v) is 11.6. The molecule has 1 atom stereocenters. The van der Waals surface area contributed by atoms with E-state index in [1.54, 1.807) is 5.57 Å². The lowest BCUT2D eigenvalue weighted by atomic mass is 9.79. The van der Waals surface area contributed by atoms with Gasteiger partial charge in [0.25, 0.3) is 0 Å². The Bertz CT molecular complexity index is 246. The van der Waals surface area contributed by atoms with Crippen LogP contribution in [0.5, 0.6) is 0 Å². The van der Waals surface area contributed by atoms with Gasteiger partial charge >= 0.3 is 0 Å². The molecular weight excluding hydrogens is 206 g/mol. The smallest absolute Gasteiger partial charge is 0.0393 e. The van der Waals surface area contributed by atoms with Gasteiger partial charge in [-0.05, 0) is 51.5 Å². The quantitative estimate of drug-likeness (QED) is 0.706. The topological polar surface area (TPSA) is 12.0 Å². The van der Waals surface area contributed by atoms with Crippen LogP contribution >= 0.6 is 0 Å². The van der Waals surface area contributed by atoms with Crippen molar-refractivity contribution in [2.45, 2.75) is 83.1 Å². The Morgan fingerprint density at radius 1 is 1.12 bits per heavy atom. The number of rotatable bonds is 3. The average molecular weight is 235 g/mol. The first-order chi connectivity index (χ1) is 8.37. The van der Waals surface area contributed by atoms with E-state index in [-0.39, 0.29) is 0 Å². The minimum absolute atomic E-state index is 0.385. The molecular formula is C16H29N. The van der Waals surface area contributed by atoms with Gasteiger partial charge in [-0.2, -0.15) is 0 Å². The van der Waals surface area contributed by atoms with Gasteiger partial charge in [0, 0.05) is 5.54 Å². The summed E-state index contributed by atoms with van der Waals surface area (Å²) in [6.45, 7) is 3.57. The molecule has 0 saturated carbocycles.